The summed E-state index contributed by atoms with van der Waals surface area (Å²) >= 11 is 0. The molecule has 0 atom stereocenters. The van der Waals surface area contributed by atoms with Crippen LogP contribution in [0.5, 0.6) is 11.5 Å². The van der Waals surface area contributed by atoms with Crippen LogP contribution in [0.3, 0.4) is 0 Å². The van der Waals surface area contributed by atoms with Gasteiger partial charge in [0.05, 0.1) is 18.5 Å². The maximum absolute atomic E-state index is 11.6. The molecular formula is C11H11N5O5. The molecule has 1 aromatic carbocycles. The van der Waals surface area contributed by atoms with E-state index >= 15 is 0 Å². The Kier molecular flexibility index (Phi) is 3.88. The lowest BCUT2D eigenvalue weighted by Crippen LogP contribution is -2.36. The van der Waals surface area contributed by atoms with Gasteiger partial charge in [0.2, 0.25) is 0 Å². The summed E-state index contributed by atoms with van der Waals surface area (Å²) in [7, 11) is 1.40. The zero-order chi connectivity index (χ0) is 15.4. The van der Waals surface area contributed by atoms with Crippen LogP contribution in [0.1, 0.15) is 16.1 Å². The third-order valence-electron chi connectivity index (χ3n) is 2.47. The molecule has 10 heteroatoms. The Morgan fingerprint density at radius 2 is 2.43 bits per heavy atom. The van der Waals surface area contributed by atoms with Crippen molar-refractivity contribution >= 4 is 17.9 Å². The summed E-state index contributed by atoms with van der Waals surface area (Å²) in [6.45, 7) is 0. The van der Waals surface area contributed by atoms with Crippen molar-refractivity contribution in [1.29, 1.82) is 0 Å². The van der Waals surface area contributed by atoms with E-state index in [2.05, 4.69) is 20.3 Å². The Bertz CT molecular complexity index is 677. The summed E-state index contributed by atoms with van der Waals surface area (Å²) in [5, 5.41) is 27.6. The molecule has 0 spiro atoms. The summed E-state index contributed by atoms with van der Waals surface area (Å²) in [6, 6.07) is 4.74. The minimum atomic E-state index is -0.901. The topological polar surface area (TPSA) is 150 Å². The monoisotopic (exact) mass is 293 g/mol. The number of methoxy groups -OCH3 is 1. The number of aromatic hydroxyl groups is 1. The number of carbonyl (C=O) groups excluding carboxylic acids is 1. The highest BCUT2D eigenvalue weighted by Crippen LogP contribution is 2.27. The van der Waals surface area contributed by atoms with Crippen molar-refractivity contribution in [3.05, 3.63) is 34.7 Å². The number of para-hydroxylation sites is 1. The second-order valence-corrected chi connectivity index (χ2v) is 3.76. The van der Waals surface area contributed by atoms with E-state index in [0.29, 0.717) is 5.56 Å². The number of nitrogens with two attached hydrogens (primary N) is 1. The molecule has 10 nitrogen and oxygen atoms in total. The van der Waals surface area contributed by atoms with Crippen molar-refractivity contribution < 1.29 is 24.2 Å². The summed E-state index contributed by atoms with van der Waals surface area (Å²) in [6.07, 6.45) is 1.18. The van der Waals surface area contributed by atoms with Crippen LogP contribution in [-0.4, -0.2) is 29.5 Å². The molecule has 2 aromatic rings. The molecule has 21 heavy (non-hydrogen) atoms. The largest absolute Gasteiger partial charge is 0.504 e. The molecule has 0 aliphatic rings. The van der Waals surface area contributed by atoms with E-state index < -0.39 is 11.6 Å². The van der Waals surface area contributed by atoms with E-state index in [4.69, 9.17) is 10.5 Å². The van der Waals surface area contributed by atoms with Crippen molar-refractivity contribution in [2.75, 3.05) is 12.8 Å². The number of rotatable bonds is 4. The van der Waals surface area contributed by atoms with Crippen LogP contribution in [0.2, 0.25) is 0 Å². The van der Waals surface area contributed by atoms with Crippen molar-refractivity contribution in [1.82, 2.24) is 10.6 Å². The highest BCUT2D eigenvalue weighted by Gasteiger charge is 2.24. The molecule has 0 saturated heterocycles. The molecule has 0 fully saturated rings. The lowest BCUT2D eigenvalue weighted by molar-refractivity contribution is -0.803. The van der Waals surface area contributed by atoms with Crippen molar-refractivity contribution in [2.45, 2.75) is 0 Å². The average molecular weight is 293 g/mol. The Balaban J connectivity index is 2.11. The van der Waals surface area contributed by atoms with Crippen molar-refractivity contribution in [2.24, 2.45) is 5.10 Å². The zero-order valence-corrected chi connectivity index (χ0v) is 10.8. The van der Waals surface area contributed by atoms with Gasteiger partial charge in [0.1, 0.15) is 0 Å². The third-order valence-corrected chi connectivity index (χ3v) is 2.47. The summed E-state index contributed by atoms with van der Waals surface area (Å²) in [4.78, 5) is 11.5. The normalized spacial score (nSPS) is 10.7. The Morgan fingerprint density at radius 3 is 3.05 bits per heavy atom. The highest BCUT2D eigenvalue weighted by atomic mass is 16.8. The maximum Gasteiger partial charge on any atom is 0.322 e. The van der Waals surface area contributed by atoms with Crippen LogP contribution in [0, 0.1) is 5.21 Å². The number of ether oxygens (including phenoxy) is 1. The first kappa shape index (κ1) is 14.1. The van der Waals surface area contributed by atoms with Gasteiger partial charge < -0.3 is 20.8 Å². The van der Waals surface area contributed by atoms with Gasteiger partial charge in [-0.25, -0.2) is 5.43 Å². The molecule has 0 aliphatic carbocycles. The van der Waals surface area contributed by atoms with Crippen LogP contribution < -0.4 is 20.8 Å². The highest BCUT2D eigenvalue weighted by molar-refractivity contribution is 5.95. The van der Waals surface area contributed by atoms with Gasteiger partial charge in [0.15, 0.2) is 11.5 Å². The Morgan fingerprint density at radius 1 is 1.67 bits per heavy atom. The number of anilines is 1. The summed E-state index contributed by atoms with van der Waals surface area (Å²) in [5.41, 5.74) is 7.15. The zero-order valence-electron chi connectivity index (χ0n) is 10.8. The van der Waals surface area contributed by atoms with E-state index in [9.17, 15) is 15.1 Å². The summed E-state index contributed by atoms with van der Waals surface area (Å²) < 4.78 is 9.07. The van der Waals surface area contributed by atoms with Gasteiger partial charge in [-0.05, 0) is 17.0 Å². The van der Waals surface area contributed by atoms with E-state index in [-0.39, 0.29) is 22.2 Å². The van der Waals surface area contributed by atoms with Gasteiger partial charge in [-0.1, -0.05) is 6.07 Å². The molecule has 4 N–H and O–H groups in total. The van der Waals surface area contributed by atoms with Crippen molar-refractivity contribution in [3.63, 3.8) is 0 Å². The Labute approximate surface area is 118 Å². The lowest BCUT2D eigenvalue weighted by atomic mass is 10.2. The molecule has 0 radical (unpaired) electrons. The van der Waals surface area contributed by atoms with Gasteiger partial charge in [0, 0.05) is 5.56 Å². The third kappa shape index (κ3) is 2.83. The molecular weight excluding hydrogens is 282 g/mol. The number of hydrogen-bond donors (Lipinski definition) is 3. The number of hydrazone groups is 1. The number of aromatic nitrogens is 2. The molecule has 1 heterocycles. The predicted molar refractivity (Wildman–Crippen MR) is 69.6 cm³/mol. The maximum atomic E-state index is 11.6. The van der Waals surface area contributed by atoms with Crippen LogP contribution in [0.25, 0.3) is 0 Å². The number of hydrogen-bond acceptors (Lipinski definition) is 8. The molecule has 110 valence electrons. The van der Waals surface area contributed by atoms with E-state index in [1.165, 1.54) is 13.3 Å². The SMILES string of the molecule is COc1cccc(C=NNC(=O)c2c(N)no[n+]2[O-])c1O. The number of nitrogens with zero attached hydrogens (tertiary/aromatic N) is 3. The van der Waals surface area contributed by atoms with Crippen LogP contribution in [0.15, 0.2) is 27.9 Å². The van der Waals surface area contributed by atoms with Gasteiger partial charge in [0.25, 0.3) is 0 Å². The average Bonchev–Trinajstić information content (AvgIpc) is 2.80. The molecule has 0 unspecified atom stereocenters. The van der Waals surface area contributed by atoms with Crippen LogP contribution in [-0.2, 0) is 0 Å². The first-order chi connectivity index (χ1) is 10.0. The number of carbonyl (C=O) groups is 1. The van der Waals surface area contributed by atoms with Crippen LogP contribution >= 0.6 is 0 Å². The first-order valence-corrected chi connectivity index (χ1v) is 5.59. The van der Waals surface area contributed by atoms with Gasteiger partial charge in [-0.3, -0.25) is 9.42 Å². The number of amides is 1. The van der Waals surface area contributed by atoms with E-state index in [1.54, 1.807) is 18.2 Å². The molecule has 1 aromatic heterocycles. The van der Waals surface area contributed by atoms with Crippen molar-refractivity contribution in [3.8, 4) is 11.5 Å². The first-order valence-electron chi connectivity index (χ1n) is 5.59. The van der Waals surface area contributed by atoms with E-state index in [0.717, 1.165) is 0 Å². The second kappa shape index (κ2) is 5.77. The van der Waals surface area contributed by atoms with Gasteiger partial charge in [-0.15, -0.1) is 0 Å². The number of phenolic OH excluding ortho intramolecular Hbond substituents is 1. The molecule has 1 amide bonds. The predicted octanol–water partition coefficient (Wildman–Crippen LogP) is -0.632. The minimum absolute atomic E-state index is 0.136. The standard InChI is InChI=1S/C11H11N5O5/c1-20-7-4-2-3-6(9(7)17)5-13-14-11(18)8-10(12)15-21-16(8)19/h2-5,17H,1H3,(H2,12,15)(H,14,18). The molecule has 0 bridgehead atoms. The second-order valence-electron chi connectivity index (χ2n) is 3.76. The fourth-order valence-electron chi connectivity index (χ4n) is 1.48. The number of phenols is 1. The molecule has 0 aliphatic heterocycles. The smallest absolute Gasteiger partial charge is 0.322 e. The fourth-order valence-corrected chi connectivity index (χ4v) is 1.48. The lowest BCUT2D eigenvalue weighted by Gasteiger charge is -2.04. The minimum Gasteiger partial charge on any atom is -0.504 e. The van der Waals surface area contributed by atoms with Gasteiger partial charge in [-0.2, -0.15) is 5.10 Å². The van der Waals surface area contributed by atoms with E-state index in [1.807, 2.05) is 0 Å². The number of nitrogen functional groups attached to an aromatic ring is 1. The fraction of sp³-hybridized carbons (Fsp3) is 0.0909. The van der Waals surface area contributed by atoms with Crippen LogP contribution in [0.4, 0.5) is 5.82 Å². The number of nitrogens with one attached hydrogen (secondary N) is 1. The molecule has 0 saturated carbocycles. The number of benzene rings is 1. The van der Waals surface area contributed by atoms with Gasteiger partial charge >= 0.3 is 17.4 Å². The quantitative estimate of drug-likeness (QED) is 0.385. The Hall–Kier alpha value is -3.30. The molecule has 2 rings (SSSR count). The summed E-state index contributed by atoms with van der Waals surface area (Å²) in [5.74, 6) is -1.14.